The molecular formula is C23H27Cl2N3O3. The number of carbonyl (C=O) groups is 2. The zero-order chi connectivity index (χ0) is 22.4. The Labute approximate surface area is 192 Å². The van der Waals surface area contributed by atoms with Gasteiger partial charge in [-0.25, -0.2) is 0 Å². The Balaban J connectivity index is 1.67. The monoisotopic (exact) mass is 463 g/mol. The minimum absolute atomic E-state index is 0.209. The molecule has 2 aromatic carbocycles. The number of morpholine rings is 1. The van der Waals surface area contributed by atoms with Crippen LogP contribution in [0.5, 0.6) is 0 Å². The van der Waals surface area contributed by atoms with E-state index >= 15 is 0 Å². The van der Waals surface area contributed by atoms with Gasteiger partial charge in [0.1, 0.15) is 6.04 Å². The van der Waals surface area contributed by atoms with Crippen LogP contribution in [0, 0.1) is 5.92 Å². The second kappa shape index (κ2) is 10.8. The van der Waals surface area contributed by atoms with Crippen LogP contribution in [0.4, 0.5) is 11.4 Å². The third-order valence-corrected chi connectivity index (χ3v) is 5.56. The summed E-state index contributed by atoms with van der Waals surface area (Å²) in [6, 6.07) is 11.6. The molecule has 2 N–H and O–H groups in total. The molecule has 0 aliphatic carbocycles. The molecule has 31 heavy (non-hydrogen) atoms. The normalized spacial score (nSPS) is 14.9. The molecule has 166 valence electrons. The molecular weight excluding hydrogens is 437 g/mol. The van der Waals surface area contributed by atoms with Crippen LogP contribution < -0.4 is 15.5 Å². The molecule has 0 saturated carbocycles. The number of halogens is 2. The summed E-state index contributed by atoms with van der Waals surface area (Å²) in [5.74, 6) is -0.475. The molecule has 2 amide bonds. The molecule has 1 aliphatic rings. The van der Waals surface area contributed by atoms with E-state index in [2.05, 4.69) is 15.5 Å². The van der Waals surface area contributed by atoms with Gasteiger partial charge in [0.25, 0.3) is 5.91 Å². The number of hydrogen-bond donors (Lipinski definition) is 2. The van der Waals surface area contributed by atoms with Gasteiger partial charge in [0.15, 0.2) is 0 Å². The Morgan fingerprint density at radius 1 is 1.06 bits per heavy atom. The van der Waals surface area contributed by atoms with Gasteiger partial charge in [0.05, 0.1) is 23.8 Å². The van der Waals surface area contributed by atoms with Gasteiger partial charge in [-0.1, -0.05) is 37.0 Å². The van der Waals surface area contributed by atoms with Gasteiger partial charge in [-0.15, -0.1) is 0 Å². The van der Waals surface area contributed by atoms with Crippen LogP contribution in [-0.2, 0) is 9.53 Å². The number of rotatable bonds is 7. The smallest absolute Gasteiger partial charge is 0.253 e. The number of nitrogens with zero attached hydrogens (tertiary/aromatic N) is 1. The first kappa shape index (κ1) is 23.4. The quantitative estimate of drug-likeness (QED) is 0.628. The minimum atomic E-state index is -0.696. The van der Waals surface area contributed by atoms with Crippen molar-refractivity contribution in [3.63, 3.8) is 0 Å². The summed E-state index contributed by atoms with van der Waals surface area (Å²) in [6.45, 7) is 7.12. The number of nitrogens with one attached hydrogen (secondary N) is 2. The molecule has 0 spiro atoms. The Morgan fingerprint density at radius 2 is 1.74 bits per heavy atom. The summed E-state index contributed by atoms with van der Waals surface area (Å²) in [4.78, 5) is 27.9. The predicted molar refractivity (Wildman–Crippen MR) is 125 cm³/mol. The number of benzene rings is 2. The van der Waals surface area contributed by atoms with E-state index in [1.165, 1.54) is 6.07 Å². The highest BCUT2D eigenvalue weighted by Gasteiger charge is 2.24. The molecule has 1 atom stereocenters. The second-order valence-corrected chi connectivity index (χ2v) is 8.76. The fourth-order valence-electron chi connectivity index (χ4n) is 3.42. The molecule has 2 aromatic rings. The van der Waals surface area contributed by atoms with E-state index in [1.807, 2.05) is 38.1 Å². The Kier molecular flexibility index (Phi) is 8.18. The molecule has 1 saturated heterocycles. The number of ether oxygens (including phenoxy) is 1. The van der Waals surface area contributed by atoms with Gasteiger partial charge in [-0.2, -0.15) is 0 Å². The van der Waals surface area contributed by atoms with Gasteiger partial charge in [0, 0.05) is 29.5 Å². The molecule has 1 fully saturated rings. The van der Waals surface area contributed by atoms with Crippen LogP contribution in [0.3, 0.4) is 0 Å². The van der Waals surface area contributed by atoms with Crippen molar-refractivity contribution in [3.8, 4) is 0 Å². The van der Waals surface area contributed by atoms with Crippen LogP contribution >= 0.6 is 23.2 Å². The van der Waals surface area contributed by atoms with E-state index in [1.54, 1.807) is 12.1 Å². The van der Waals surface area contributed by atoms with E-state index in [9.17, 15) is 9.59 Å². The van der Waals surface area contributed by atoms with Crippen molar-refractivity contribution in [1.29, 1.82) is 0 Å². The molecule has 0 bridgehead atoms. The van der Waals surface area contributed by atoms with E-state index in [-0.39, 0.29) is 22.4 Å². The number of carbonyl (C=O) groups excluding carboxylic acids is 2. The maximum Gasteiger partial charge on any atom is 0.253 e. The predicted octanol–water partition coefficient (Wildman–Crippen LogP) is 4.61. The lowest BCUT2D eigenvalue weighted by molar-refractivity contribution is -0.118. The van der Waals surface area contributed by atoms with Crippen molar-refractivity contribution in [2.45, 2.75) is 26.3 Å². The third kappa shape index (κ3) is 6.60. The Morgan fingerprint density at radius 3 is 2.35 bits per heavy atom. The fourth-order valence-corrected chi connectivity index (χ4v) is 3.91. The van der Waals surface area contributed by atoms with E-state index in [0.717, 1.165) is 18.8 Å². The van der Waals surface area contributed by atoms with Crippen molar-refractivity contribution in [2.24, 2.45) is 5.92 Å². The van der Waals surface area contributed by atoms with Gasteiger partial charge in [-0.05, 0) is 54.8 Å². The molecule has 3 rings (SSSR count). The molecule has 0 radical (unpaired) electrons. The number of anilines is 2. The molecule has 1 aliphatic heterocycles. The average molecular weight is 464 g/mol. The van der Waals surface area contributed by atoms with Gasteiger partial charge in [-0.3, -0.25) is 9.59 Å². The summed E-state index contributed by atoms with van der Waals surface area (Å²) in [5, 5.41) is 6.40. The molecule has 1 unspecified atom stereocenters. The highest BCUT2D eigenvalue weighted by Crippen LogP contribution is 2.22. The zero-order valence-corrected chi connectivity index (χ0v) is 19.2. The van der Waals surface area contributed by atoms with Crippen molar-refractivity contribution in [1.82, 2.24) is 5.32 Å². The number of hydrogen-bond acceptors (Lipinski definition) is 4. The highest BCUT2D eigenvalue weighted by atomic mass is 35.5. The highest BCUT2D eigenvalue weighted by molar-refractivity contribution is 6.36. The van der Waals surface area contributed by atoms with Crippen LogP contribution in [-0.4, -0.2) is 44.2 Å². The van der Waals surface area contributed by atoms with Crippen molar-refractivity contribution in [3.05, 3.63) is 58.1 Å². The summed E-state index contributed by atoms with van der Waals surface area (Å²) in [6.07, 6.45) is 0.495. The van der Waals surface area contributed by atoms with Crippen LogP contribution in [0.25, 0.3) is 0 Å². The van der Waals surface area contributed by atoms with Crippen molar-refractivity contribution < 1.29 is 14.3 Å². The lowest BCUT2D eigenvalue weighted by Crippen LogP contribution is -2.44. The maximum atomic E-state index is 12.9. The minimum Gasteiger partial charge on any atom is -0.378 e. The van der Waals surface area contributed by atoms with Gasteiger partial charge >= 0.3 is 0 Å². The summed E-state index contributed by atoms with van der Waals surface area (Å²) in [7, 11) is 0. The third-order valence-electron chi connectivity index (χ3n) is 5.02. The first-order chi connectivity index (χ1) is 14.8. The molecule has 8 heteroatoms. The number of amides is 2. The lowest BCUT2D eigenvalue weighted by atomic mass is 10.0. The van der Waals surface area contributed by atoms with Crippen LogP contribution in [0.1, 0.15) is 30.6 Å². The first-order valence-corrected chi connectivity index (χ1v) is 11.1. The summed E-state index contributed by atoms with van der Waals surface area (Å²) >= 11 is 12.1. The zero-order valence-electron chi connectivity index (χ0n) is 17.7. The lowest BCUT2D eigenvalue weighted by Gasteiger charge is -2.29. The van der Waals surface area contributed by atoms with Gasteiger partial charge in [0.2, 0.25) is 5.91 Å². The van der Waals surface area contributed by atoms with Crippen molar-refractivity contribution >= 4 is 46.4 Å². The summed E-state index contributed by atoms with van der Waals surface area (Å²) < 4.78 is 5.38. The average Bonchev–Trinajstić information content (AvgIpc) is 2.74. The Hall–Kier alpha value is -2.28. The van der Waals surface area contributed by atoms with Crippen molar-refractivity contribution in [2.75, 3.05) is 36.5 Å². The molecule has 0 aromatic heterocycles. The topological polar surface area (TPSA) is 70.7 Å². The molecule has 1 heterocycles. The van der Waals surface area contributed by atoms with Crippen LogP contribution in [0.2, 0.25) is 10.0 Å². The van der Waals surface area contributed by atoms with Crippen LogP contribution in [0.15, 0.2) is 42.5 Å². The standard InChI is InChI=1S/C23H27Cl2N3O3/c1-15(2)13-21(27-22(29)19-8-3-16(24)14-20(19)25)23(30)26-17-4-6-18(7-5-17)28-9-11-31-12-10-28/h3-8,14-15,21H,9-13H2,1-2H3,(H,26,30)(H,27,29). The summed E-state index contributed by atoms with van der Waals surface area (Å²) in [5.41, 5.74) is 2.04. The largest absolute Gasteiger partial charge is 0.378 e. The van der Waals surface area contributed by atoms with E-state index in [0.29, 0.717) is 30.3 Å². The second-order valence-electron chi connectivity index (χ2n) is 7.92. The SMILES string of the molecule is CC(C)CC(NC(=O)c1ccc(Cl)cc1Cl)C(=O)Nc1ccc(N2CCOCC2)cc1. The maximum absolute atomic E-state index is 12.9. The Bertz CT molecular complexity index is 913. The van der Waals surface area contributed by atoms with E-state index in [4.69, 9.17) is 27.9 Å². The molecule has 6 nitrogen and oxygen atoms in total. The van der Waals surface area contributed by atoms with E-state index < -0.39 is 11.9 Å². The van der Waals surface area contributed by atoms with Gasteiger partial charge < -0.3 is 20.3 Å². The first-order valence-electron chi connectivity index (χ1n) is 10.3. The fraction of sp³-hybridized carbons (Fsp3) is 0.391.